The molecule has 0 aromatic heterocycles. The molecule has 2 fully saturated rings. The van der Waals surface area contributed by atoms with Gasteiger partial charge in [-0.1, -0.05) is 6.42 Å². The minimum Gasteiger partial charge on any atom is -0.486 e. The monoisotopic (exact) mass is 442 g/mol. The van der Waals surface area contributed by atoms with Gasteiger partial charge in [0, 0.05) is 23.9 Å². The minimum absolute atomic E-state index is 0.0298. The minimum atomic E-state index is -3.78. The Kier molecular flexibility index (Phi) is 5.25. The summed E-state index contributed by atoms with van der Waals surface area (Å²) in [5, 5.41) is 2.94. The fraction of sp³-hybridized carbons (Fsp3) is 0.435. The van der Waals surface area contributed by atoms with Crippen molar-refractivity contribution >= 4 is 27.3 Å². The van der Waals surface area contributed by atoms with Crippen LogP contribution >= 0.6 is 0 Å². The lowest BCUT2D eigenvalue weighted by Crippen LogP contribution is -2.20. The molecule has 0 spiro atoms. The fourth-order valence-electron chi connectivity index (χ4n) is 5.10. The van der Waals surface area contributed by atoms with Crippen LogP contribution in [0.3, 0.4) is 0 Å². The first-order valence-electron chi connectivity index (χ1n) is 10.8. The van der Waals surface area contributed by atoms with Gasteiger partial charge in [0.25, 0.3) is 10.0 Å². The van der Waals surface area contributed by atoms with E-state index in [1.54, 1.807) is 30.3 Å². The van der Waals surface area contributed by atoms with Crippen molar-refractivity contribution < 1.29 is 22.7 Å². The average molecular weight is 443 g/mol. The highest BCUT2D eigenvalue weighted by atomic mass is 32.2. The predicted molar refractivity (Wildman–Crippen MR) is 117 cm³/mol. The summed E-state index contributed by atoms with van der Waals surface area (Å²) in [6.45, 7) is 0.834. The zero-order valence-corrected chi connectivity index (χ0v) is 18.0. The highest BCUT2D eigenvalue weighted by molar-refractivity contribution is 7.92. The summed E-state index contributed by atoms with van der Waals surface area (Å²) in [5.41, 5.74) is 1.08. The Hall–Kier alpha value is -2.74. The number of hydrogen-bond donors (Lipinski definition) is 2. The Bertz CT molecular complexity index is 1080. The van der Waals surface area contributed by atoms with Gasteiger partial charge in [-0.3, -0.25) is 9.52 Å². The van der Waals surface area contributed by atoms with E-state index in [-0.39, 0.29) is 10.8 Å². The van der Waals surface area contributed by atoms with Crippen LogP contribution in [-0.2, 0) is 14.8 Å². The summed E-state index contributed by atoms with van der Waals surface area (Å²) in [7, 11) is -3.78. The molecular weight excluding hydrogens is 416 g/mol. The van der Waals surface area contributed by atoms with Gasteiger partial charge in [-0.25, -0.2) is 8.42 Å². The second-order valence-corrected chi connectivity index (χ2v) is 10.4. The van der Waals surface area contributed by atoms with Crippen LogP contribution in [0.2, 0.25) is 0 Å². The number of amides is 1. The van der Waals surface area contributed by atoms with Crippen molar-refractivity contribution in [2.45, 2.75) is 37.0 Å². The van der Waals surface area contributed by atoms with Crippen LogP contribution in [0.25, 0.3) is 0 Å². The van der Waals surface area contributed by atoms with Gasteiger partial charge in [0.2, 0.25) is 5.91 Å². The van der Waals surface area contributed by atoms with Gasteiger partial charge in [0.15, 0.2) is 11.5 Å². The van der Waals surface area contributed by atoms with E-state index >= 15 is 0 Å². The third kappa shape index (κ3) is 4.35. The van der Waals surface area contributed by atoms with E-state index < -0.39 is 10.0 Å². The number of hydrogen-bond acceptors (Lipinski definition) is 5. The molecule has 3 atom stereocenters. The molecule has 2 aromatic carbocycles. The first-order chi connectivity index (χ1) is 15.0. The highest BCUT2D eigenvalue weighted by Crippen LogP contribution is 2.49. The van der Waals surface area contributed by atoms with Gasteiger partial charge in [-0.05, 0) is 73.4 Å². The van der Waals surface area contributed by atoms with Gasteiger partial charge in [0.05, 0.1) is 4.90 Å². The van der Waals surface area contributed by atoms with Crippen LogP contribution in [-0.4, -0.2) is 27.5 Å². The normalized spacial score (nSPS) is 24.1. The predicted octanol–water partition coefficient (Wildman–Crippen LogP) is 4.02. The maximum absolute atomic E-state index is 12.7. The maximum Gasteiger partial charge on any atom is 0.262 e. The smallest absolute Gasteiger partial charge is 0.262 e. The van der Waals surface area contributed by atoms with Crippen molar-refractivity contribution in [2.75, 3.05) is 23.3 Å². The third-order valence-electron chi connectivity index (χ3n) is 6.58. The average Bonchev–Trinajstić information content (AvgIpc) is 3.38. The summed E-state index contributed by atoms with van der Waals surface area (Å²) in [6.07, 6.45) is 5.63. The molecule has 3 unspecified atom stereocenters. The second kappa shape index (κ2) is 8.07. The van der Waals surface area contributed by atoms with Gasteiger partial charge >= 0.3 is 0 Å². The summed E-state index contributed by atoms with van der Waals surface area (Å²) >= 11 is 0. The molecule has 2 aromatic rings. The molecule has 1 amide bonds. The summed E-state index contributed by atoms with van der Waals surface area (Å²) < 4.78 is 38.9. The quantitative estimate of drug-likeness (QED) is 0.705. The lowest BCUT2D eigenvalue weighted by molar-refractivity contribution is -0.117. The Morgan fingerprint density at radius 1 is 0.935 bits per heavy atom. The Morgan fingerprint density at radius 2 is 1.68 bits per heavy atom. The van der Waals surface area contributed by atoms with Crippen molar-refractivity contribution in [1.82, 2.24) is 0 Å². The number of sulfonamides is 1. The molecule has 31 heavy (non-hydrogen) atoms. The van der Waals surface area contributed by atoms with Gasteiger partial charge in [-0.15, -0.1) is 0 Å². The lowest BCUT2D eigenvalue weighted by atomic mass is 9.86. The number of carbonyl (C=O) groups excluding carboxylic acids is 1. The van der Waals surface area contributed by atoms with E-state index in [2.05, 4.69) is 10.0 Å². The van der Waals surface area contributed by atoms with Crippen LogP contribution in [0, 0.1) is 17.8 Å². The van der Waals surface area contributed by atoms with Crippen LogP contribution in [0.1, 0.15) is 32.1 Å². The molecular formula is C23H26N2O5S. The van der Waals surface area contributed by atoms with Crippen LogP contribution in [0.5, 0.6) is 11.5 Å². The number of carbonyl (C=O) groups is 1. The first-order valence-corrected chi connectivity index (χ1v) is 12.3. The number of rotatable bonds is 6. The van der Waals surface area contributed by atoms with Gasteiger partial charge < -0.3 is 14.8 Å². The zero-order chi connectivity index (χ0) is 21.4. The molecule has 3 aliphatic rings. The molecule has 0 radical (unpaired) electrons. The summed E-state index contributed by atoms with van der Waals surface area (Å²) in [6, 6.07) is 11.2. The largest absolute Gasteiger partial charge is 0.486 e. The highest BCUT2D eigenvalue weighted by Gasteiger charge is 2.40. The van der Waals surface area contributed by atoms with E-state index in [1.165, 1.54) is 37.8 Å². The fourth-order valence-corrected chi connectivity index (χ4v) is 6.18. The van der Waals surface area contributed by atoms with E-state index in [9.17, 15) is 13.2 Å². The molecule has 1 heterocycles. The molecule has 164 valence electrons. The molecule has 2 saturated carbocycles. The number of nitrogens with one attached hydrogen (secondary N) is 2. The molecule has 8 heteroatoms. The SMILES string of the molecule is O=C(CC1CC2CCC1C2)Nc1ccc(NS(=O)(=O)c2ccc3c(c2)OCCO3)cc1. The van der Waals surface area contributed by atoms with Gasteiger partial charge in [-0.2, -0.15) is 0 Å². The lowest BCUT2D eigenvalue weighted by Gasteiger charge is -2.21. The van der Waals surface area contributed by atoms with Gasteiger partial charge in [0.1, 0.15) is 13.2 Å². The number of fused-ring (bicyclic) bond motifs is 3. The van der Waals surface area contributed by atoms with E-state index in [0.29, 0.717) is 54.3 Å². The third-order valence-corrected chi connectivity index (χ3v) is 7.96. The van der Waals surface area contributed by atoms with Crippen LogP contribution in [0.4, 0.5) is 11.4 Å². The molecule has 2 N–H and O–H groups in total. The van der Waals surface area contributed by atoms with Crippen molar-refractivity contribution in [1.29, 1.82) is 0 Å². The maximum atomic E-state index is 12.7. The number of ether oxygens (including phenoxy) is 2. The number of anilines is 2. The Balaban J connectivity index is 1.20. The van der Waals surface area contributed by atoms with Crippen molar-refractivity contribution in [3.05, 3.63) is 42.5 Å². The zero-order valence-electron chi connectivity index (χ0n) is 17.2. The number of benzene rings is 2. The van der Waals surface area contributed by atoms with E-state index in [0.717, 1.165) is 5.92 Å². The van der Waals surface area contributed by atoms with Crippen molar-refractivity contribution in [2.24, 2.45) is 17.8 Å². The molecule has 2 bridgehead atoms. The Morgan fingerprint density at radius 3 is 2.39 bits per heavy atom. The van der Waals surface area contributed by atoms with Crippen molar-refractivity contribution in [3.63, 3.8) is 0 Å². The summed E-state index contributed by atoms with van der Waals surface area (Å²) in [5.74, 6) is 3.04. The van der Waals surface area contributed by atoms with E-state index in [4.69, 9.17) is 9.47 Å². The molecule has 5 rings (SSSR count). The molecule has 2 aliphatic carbocycles. The van der Waals surface area contributed by atoms with Crippen LogP contribution in [0.15, 0.2) is 47.4 Å². The molecule has 0 saturated heterocycles. The first kappa shape index (κ1) is 20.2. The van der Waals surface area contributed by atoms with Crippen LogP contribution < -0.4 is 19.5 Å². The second-order valence-electron chi connectivity index (χ2n) is 8.68. The van der Waals surface area contributed by atoms with E-state index in [1.807, 2.05) is 0 Å². The Labute approximate surface area is 182 Å². The molecule has 7 nitrogen and oxygen atoms in total. The standard InChI is InChI=1S/C23H26N2O5S/c26-23(13-17-12-15-1-2-16(17)11-15)24-18-3-5-19(6-4-18)25-31(27,28)20-7-8-21-22(14-20)30-10-9-29-21/h3-8,14-17,25H,1-2,9-13H2,(H,24,26). The topological polar surface area (TPSA) is 93.7 Å². The molecule has 1 aliphatic heterocycles. The van der Waals surface area contributed by atoms with Crippen molar-refractivity contribution in [3.8, 4) is 11.5 Å². The summed E-state index contributed by atoms with van der Waals surface area (Å²) in [4.78, 5) is 12.5.